The normalized spacial score (nSPS) is 22.2. The molecule has 0 bridgehead atoms. The number of thioether (sulfide) groups is 1. The Morgan fingerprint density at radius 3 is 3.00 bits per heavy atom. The van der Waals surface area contributed by atoms with E-state index in [2.05, 4.69) is 21.2 Å². The van der Waals surface area contributed by atoms with Gasteiger partial charge in [0.15, 0.2) is 0 Å². The number of nitrogens with one attached hydrogen (secondary N) is 1. The van der Waals surface area contributed by atoms with Crippen molar-refractivity contribution in [2.75, 3.05) is 12.3 Å². The van der Waals surface area contributed by atoms with Gasteiger partial charge in [-0.1, -0.05) is 22.0 Å². The third-order valence-electron chi connectivity index (χ3n) is 1.98. The minimum atomic E-state index is -0.138. The number of halogens is 2. The van der Waals surface area contributed by atoms with Crippen molar-refractivity contribution in [2.45, 2.75) is 5.37 Å². The number of rotatable bonds is 1. The number of hydrogen-bond donors (Lipinski definition) is 1. The second kappa shape index (κ2) is 3.98. The Bertz CT molecular complexity index is 292. The molecule has 0 aliphatic carbocycles. The highest BCUT2D eigenvalue weighted by molar-refractivity contribution is 9.10. The van der Waals surface area contributed by atoms with Crippen LogP contribution in [0.1, 0.15) is 10.9 Å². The second-order valence-corrected chi connectivity index (χ2v) is 4.91. The average molecular weight is 262 g/mol. The SMILES string of the molecule is Fc1cccc(Br)c1C1NCCS1. The van der Waals surface area contributed by atoms with Gasteiger partial charge in [-0.25, -0.2) is 4.39 Å². The summed E-state index contributed by atoms with van der Waals surface area (Å²) in [6.07, 6.45) is 0. The van der Waals surface area contributed by atoms with Crippen LogP contribution in [0.25, 0.3) is 0 Å². The third kappa shape index (κ3) is 1.90. The lowest BCUT2D eigenvalue weighted by atomic mass is 10.2. The zero-order chi connectivity index (χ0) is 9.26. The minimum absolute atomic E-state index is 0.107. The molecule has 0 amide bonds. The van der Waals surface area contributed by atoms with Crippen LogP contribution in [0.5, 0.6) is 0 Å². The Hall–Kier alpha value is -0.0600. The van der Waals surface area contributed by atoms with Crippen LogP contribution in [0.4, 0.5) is 4.39 Å². The van der Waals surface area contributed by atoms with Crippen LogP contribution in [-0.4, -0.2) is 12.3 Å². The smallest absolute Gasteiger partial charge is 0.129 e. The van der Waals surface area contributed by atoms with Gasteiger partial charge in [-0.2, -0.15) is 0 Å². The molecule has 1 unspecified atom stereocenters. The lowest BCUT2D eigenvalue weighted by molar-refractivity contribution is 0.593. The van der Waals surface area contributed by atoms with E-state index in [-0.39, 0.29) is 11.2 Å². The molecule has 1 aromatic carbocycles. The van der Waals surface area contributed by atoms with E-state index in [9.17, 15) is 4.39 Å². The summed E-state index contributed by atoms with van der Waals surface area (Å²) >= 11 is 5.11. The Kier molecular flexibility index (Phi) is 2.91. The van der Waals surface area contributed by atoms with Crippen LogP contribution < -0.4 is 5.32 Å². The van der Waals surface area contributed by atoms with Gasteiger partial charge in [-0.05, 0) is 12.1 Å². The summed E-state index contributed by atoms with van der Waals surface area (Å²) in [5.41, 5.74) is 0.741. The summed E-state index contributed by atoms with van der Waals surface area (Å²) in [6, 6.07) is 5.09. The van der Waals surface area contributed by atoms with Crippen LogP contribution in [-0.2, 0) is 0 Å². The van der Waals surface area contributed by atoms with Crippen molar-refractivity contribution in [1.29, 1.82) is 0 Å². The van der Waals surface area contributed by atoms with E-state index in [0.29, 0.717) is 0 Å². The maximum atomic E-state index is 13.4. The average Bonchev–Trinajstić information content (AvgIpc) is 2.57. The van der Waals surface area contributed by atoms with Crippen LogP contribution in [0.3, 0.4) is 0 Å². The van der Waals surface area contributed by atoms with Crippen molar-refractivity contribution in [3.8, 4) is 0 Å². The summed E-state index contributed by atoms with van der Waals surface area (Å²) in [5.74, 6) is 0.909. The van der Waals surface area contributed by atoms with Crippen molar-refractivity contribution in [3.63, 3.8) is 0 Å². The first-order valence-corrected chi connectivity index (χ1v) is 5.92. The Labute approximate surface area is 89.2 Å². The van der Waals surface area contributed by atoms with E-state index in [1.165, 1.54) is 6.07 Å². The molecule has 1 aromatic rings. The molecule has 1 aliphatic heterocycles. The maximum absolute atomic E-state index is 13.4. The van der Waals surface area contributed by atoms with Crippen molar-refractivity contribution in [2.24, 2.45) is 0 Å². The van der Waals surface area contributed by atoms with Crippen molar-refractivity contribution in [1.82, 2.24) is 5.32 Å². The van der Waals surface area contributed by atoms with Crippen molar-refractivity contribution in [3.05, 3.63) is 34.1 Å². The standard InChI is InChI=1S/C9H9BrFNS/c10-6-2-1-3-7(11)8(6)9-12-4-5-13-9/h1-3,9,12H,4-5H2. The highest BCUT2D eigenvalue weighted by Gasteiger charge is 2.22. The highest BCUT2D eigenvalue weighted by atomic mass is 79.9. The molecule has 0 aromatic heterocycles. The molecule has 4 heteroatoms. The van der Waals surface area contributed by atoms with Crippen LogP contribution >= 0.6 is 27.7 Å². The molecule has 13 heavy (non-hydrogen) atoms. The van der Waals surface area contributed by atoms with E-state index in [1.54, 1.807) is 17.8 Å². The van der Waals surface area contributed by atoms with Gasteiger partial charge in [0.25, 0.3) is 0 Å². The minimum Gasteiger partial charge on any atom is -0.301 e. The Balaban J connectivity index is 2.37. The summed E-state index contributed by atoms with van der Waals surface area (Å²) in [7, 11) is 0. The summed E-state index contributed by atoms with van der Waals surface area (Å²) in [5, 5.41) is 3.35. The first-order valence-electron chi connectivity index (χ1n) is 4.08. The molecule has 1 atom stereocenters. The topological polar surface area (TPSA) is 12.0 Å². The van der Waals surface area contributed by atoms with Gasteiger partial charge >= 0.3 is 0 Å². The van der Waals surface area contributed by atoms with E-state index >= 15 is 0 Å². The second-order valence-electron chi connectivity index (χ2n) is 2.84. The third-order valence-corrected chi connectivity index (χ3v) is 3.85. The lowest BCUT2D eigenvalue weighted by Crippen LogP contribution is -2.13. The fourth-order valence-corrected chi connectivity index (χ4v) is 3.21. The van der Waals surface area contributed by atoms with Crippen LogP contribution in [0.15, 0.2) is 22.7 Å². The van der Waals surface area contributed by atoms with Gasteiger partial charge in [-0.3, -0.25) is 0 Å². The largest absolute Gasteiger partial charge is 0.301 e. The molecule has 1 N–H and O–H groups in total. The molecular formula is C9H9BrFNS. The predicted molar refractivity (Wildman–Crippen MR) is 57.3 cm³/mol. The Morgan fingerprint density at radius 1 is 1.54 bits per heavy atom. The van der Waals surface area contributed by atoms with Gasteiger partial charge in [-0.15, -0.1) is 11.8 Å². The lowest BCUT2D eigenvalue weighted by Gasteiger charge is -2.12. The zero-order valence-corrected chi connectivity index (χ0v) is 9.29. The molecule has 0 spiro atoms. The van der Waals surface area contributed by atoms with Gasteiger partial charge < -0.3 is 5.32 Å². The van der Waals surface area contributed by atoms with Gasteiger partial charge in [0.1, 0.15) is 5.82 Å². The molecule has 1 nitrogen and oxygen atoms in total. The van der Waals surface area contributed by atoms with Crippen LogP contribution in [0.2, 0.25) is 0 Å². The first kappa shape index (κ1) is 9.49. The van der Waals surface area contributed by atoms with E-state index in [1.807, 2.05) is 6.07 Å². The molecule has 0 radical (unpaired) electrons. The highest BCUT2D eigenvalue weighted by Crippen LogP contribution is 2.35. The van der Waals surface area contributed by atoms with Crippen molar-refractivity contribution < 1.29 is 4.39 Å². The quantitative estimate of drug-likeness (QED) is 0.835. The van der Waals surface area contributed by atoms with E-state index in [0.717, 1.165) is 22.3 Å². The fraction of sp³-hybridized carbons (Fsp3) is 0.333. The molecular weight excluding hydrogens is 253 g/mol. The summed E-state index contributed by atoms with van der Waals surface area (Å²) in [6.45, 7) is 0.954. The maximum Gasteiger partial charge on any atom is 0.129 e. The van der Waals surface area contributed by atoms with E-state index < -0.39 is 0 Å². The number of hydrogen-bond acceptors (Lipinski definition) is 2. The molecule has 2 rings (SSSR count). The zero-order valence-electron chi connectivity index (χ0n) is 6.89. The molecule has 1 fully saturated rings. The van der Waals surface area contributed by atoms with Crippen LogP contribution in [0, 0.1) is 5.82 Å². The molecule has 0 saturated carbocycles. The van der Waals surface area contributed by atoms with Gasteiger partial charge in [0.05, 0.1) is 5.37 Å². The molecule has 1 aliphatic rings. The molecule has 70 valence electrons. The predicted octanol–water partition coefficient (Wildman–Crippen LogP) is 2.92. The fourth-order valence-electron chi connectivity index (χ4n) is 1.37. The molecule has 1 saturated heterocycles. The number of benzene rings is 1. The first-order chi connectivity index (χ1) is 6.29. The molecule has 1 heterocycles. The van der Waals surface area contributed by atoms with Gasteiger partial charge in [0.2, 0.25) is 0 Å². The van der Waals surface area contributed by atoms with Crippen molar-refractivity contribution >= 4 is 27.7 Å². The van der Waals surface area contributed by atoms with E-state index in [4.69, 9.17) is 0 Å². The monoisotopic (exact) mass is 261 g/mol. The summed E-state index contributed by atoms with van der Waals surface area (Å²) < 4.78 is 14.3. The van der Waals surface area contributed by atoms with Gasteiger partial charge in [0, 0.05) is 22.3 Å². The Morgan fingerprint density at radius 2 is 2.38 bits per heavy atom. The summed E-state index contributed by atoms with van der Waals surface area (Å²) in [4.78, 5) is 0.